The maximum atomic E-state index is 13.6. The topological polar surface area (TPSA) is 94.3 Å². The van der Waals surface area contributed by atoms with Crippen LogP contribution in [0.4, 0.5) is 0 Å². The Bertz CT molecular complexity index is 1540. The second-order valence-corrected chi connectivity index (χ2v) is 9.92. The summed E-state index contributed by atoms with van der Waals surface area (Å²) in [7, 11) is 0. The van der Waals surface area contributed by atoms with E-state index in [4.69, 9.17) is 0 Å². The number of nitrogens with one attached hydrogen (secondary N) is 3. The summed E-state index contributed by atoms with van der Waals surface area (Å²) in [5, 5.41) is 6.81. The van der Waals surface area contributed by atoms with Crippen LogP contribution in [-0.4, -0.2) is 39.7 Å². The van der Waals surface area contributed by atoms with Gasteiger partial charge in [0.25, 0.3) is 5.91 Å². The van der Waals surface area contributed by atoms with E-state index in [0.717, 1.165) is 38.9 Å². The minimum Gasteiger partial charge on any atom is -0.356 e. The molecule has 0 radical (unpaired) electrons. The SMILES string of the molecule is Cc1ccc(CNC(=O)C(C)NC(=O)C2Cc3c([nH]c4ccccc34)C3c4ccccc4C(=O)N23)cc1. The van der Waals surface area contributed by atoms with Crippen molar-refractivity contribution in [3.63, 3.8) is 0 Å². The molecule has 186 valence electrons. The molecule has 3 unspecified atom stereocenters. The predicted molar refractivity (Wildman–Crippen MR) is 141 cm³/mol. The molecule has 0 bridgehead atoms. The van der Waals surface area contributed by atoms with Crippen LogP contribution < -0.4 is 10.6 Å². The highest BCUT2D eigenvalue weighted by molar-refractivity contribution is 6.04. The summed E-state index contributed by atoms with van der Waals surface area (Å²) in [5.41, 5.74) is 6.61. The lowest BCUT2D eigenvalue weighted by molar-refractivity contribution is -0.131. The van der Waals surface area contributed by atoms with Crippen LogP contribution in [0.2, 0.25) is 0 Å². The molecule has 3 N–H and O–H groups in total. The summed E-state index contributed by atoms with van der Waals surface area (Å²) in [6.45, 7) is 4.06. The zero-order valence-electron chi connectivity index (χ0n) is 20.7. The van der Waals surface area contributed by atoms with Crippen molar-refractivity contribution in [1.29, 1.82) is 0 Å². The van der Waals surface area contributed by atoms with Gasteiger partial charge in [0, 0.05) is 35.1 Å². The van der Waals surface area contributed by atoms with Crippen LogP contribution in [0.5, 0.6) is 0 Å². The highest BCUT2D eigenvalue weighted by Crippen LogP contribution is 2.46. The maximum Gasteiger partial charge on any atom is 0.255 e. The average molecular weight is 493 g/mol. The van der Waals surface area contributed by atoms with E-state index < -0.39 is 12.1 Å². The zero-order valence-corrected chi connectivity index (χ0v) is 20.7. The Labute approximate surface area is 214 Å². The quantitative estimate of drug-likeness (QED) is 0.396. The van der Waals surface area contributed by atoms with Gasteiger partial charge in [-0.05, 0) is 42.7 Å². The lowest BCUT2D eigenvalue weighted by Crippen LogP contribution is -2.55. The van der Waals surface area contributed by atoms with Gasteiger partial charge < -0.3 is 20.5 Å². The fourth-order valence-electron chi connectivity index (χ4n) is 5.56. The number of aryl methyl sites for hydroxylation is 1. The molecule has 0 spiro atoms. The molecule has 0 fully saturated rings. The fourth-order valence-corrected chi connectivity index (χ4v) is 5.56. The number of hydrogen-bond acceptors (Lipinski definition) is 3. The molecule has 0 saturated heterocycles. The third-order valence-electron chi connectivity index (χ3n) is 7.49. The van der Waals surface area contributed by atoms with Crippen molar-refractivity contribution in [2.45, 2.75) is 44.9 Å². The Balaban J connectivity index is 1.26. The molecular formula is C30H28N4O3. The number of amides is 3. The Hall–Kier alpha value is -4.39. The number of carbonyl (C=O) groups excluding carboxylic acids is 3. The molecule has 3 amide bonds. The van der Waals surface area contributed by atoms with E-state index in [1.165, 1.54) is 0 Å². The summed E-state index contributed by atoms with van der Waals surface area (Å²) in [5.74, 6) is -0.772. The van der Waals surface area contributed by atoms with Gasteiger partial charge in [-0.15, -0.1) is 0 Å². The first-order chi connectivity index (χ1) is 17.9. The monoisotopic (exact) mass is 492 g/mol. The van der Waals surface area contributed by atoms with Crippen LogP contribution in [0.15, 0.2) is 72.8 Å². The number of fused-ring (bicyclic) bond motifs is 7. The molecular weight excluding hydrogens is 464 g/mol. The molecule has 7 nitrogen and oxygen atoms in total. The normalized spacial score (nSPS) is 18.6. The second kappa shape index (κ2) is 8.92. The van der Waals surface area contributed by atoms with Crippen molar-refractivity contribution in [3.8, 4) is 0 Å². The van der Waals surface area contributed by atoms with Crippen molar-refractivity contribution < 1.29 is 14.4 Å². The summed E-state index contributed by atoms with van der Waals surface area (Å²) in [6, 6.07) is 21.6. The fraction of sp³-hybridized carbons (Fsp3) is 0.233. The molecule has 2 aliphatic rings. The van der Waals surface area contributed by atoms with Gasteiger partial charge in [0.1, 0.15) is 12.1 Å². The number of nitrogens with zero attached hydrogens (tertiary/aromatic N) is 1. The third-order valence-corrected chi connectivity index (χ3v) is 7.49. The molecule has 3 aromatic carbocycles. The predicted octanol–water partition coefficient (Wildman–Crippen LogP) is 3.77. The van der Waals surface area contributed by atoms with E-state index in [0.29, 0.717) is 18.5 Å². The van der Waals surface area contributed by atoms with Crippen molar-refractivity contribution in [2.24, 2.45) is 0 Å². The van der Waals surface area contributed by atoms with Crippen LogP contribution in [-0.2, 0) is 22.6 Å². The lowest BCUT2D eigenvalue weighted by Gasteiger charge is -2.37. The summed E-state index contributed by atoms with van der Waals surface area (Å²) < 4.78 is 0. The lowest BCUT2D eigenvalue weighted by atomic mass is 9.90. The molecule has 4 aromatic rings. The molecule has 0 saturated carbocycles. The highest BCUT2D eigenvalue weighted by Gasteiger charge is 2.49. The van der Waals surface area contributed by atoms with Gasteiger partial charge in [0.2, 0.25) is 11.8 Å². The summed E-state index contributed by atoms with van der Waals surface area (Å²) in [6.07, 6.45) is 0.374. The second-order valence-electron chi connectivity index (χ2n) is 9.92. The minimum atomic E-state index is -0.749. The van der Waals surface area contributed by atoms with Gasteiger partial charge in [-0.2, -0.15) is 0 Å². The van der Waals surface area contributed by atoms with Crippen molar-refractivity contribution in [3.05, 3.63) is 106 Å². The Kier molecular flexibility index (Phi) is 5.56. The highest BCUT2D eigenvalue weighted by atomic mass is 16.2. The van der Waals surface area contributed by atoms with E-state index >= 15 is 0 Å². The molecule has 6 rings (SSSR count). The van der Waals surface area contributed by atoms with Crippen LogP contribution in [0.1, 0.15) is 51.3 Å². The minimum absolute atomic E-state index is 0.165. The largest absolute Gasteiger partial charge is 0.356 e. The van der Waals surface area contributed by atoms with Crippen molar-refractivity contribution in [2.75, 3.05) is 0 Å². The van der Waals surface area contributed by atoms with Gasteiger partial charge in [-0.25, -0.2) is 0 Å². The number of para-hydroxylation sites is 1. The van der Waals surface area contributed by atoms with Crippen molar-refractivity contribution >= 4 is 28.6 Å². The summed E-state index contributed by atoms with van der Waals surface area (Å²) >= 11 is 0. The van der Waals surface area contributed by atoms with Crippen LogP contribution >= 0.6 is 0 Å². The first kappa shape index (κ1) is 23.0. The molecule has 3 heterocycles. The van der Waals surface area contributed by atoms with Crippen molar-refractivity contribution in [1.82, 2.24) is 20.5 Å². The molecule has 2 aliphatic heterocycles. The zero-order chi connectivity index (χ0) is 25.7. The van der Waals surface area contributed by atoms with E-state index in [1.54, 1.807) is 11.8 Å². The average Bonchev–Trinajstić information content (AvgIpc) is 3.43. The third kappa shape index (κ3) is 3.87. The molecule has 3 atom stereocenters. The Morgan fingerprint density at radius 2 is 1.76 bits per heavy atom. The smallest absolute Gasteiger partial charge is 0.255 e. The maximum absolute atomic E-state index is 13.6. The molecule has 7 heteroatoms. The van der Waals surface area contributed by atoms with E-state index in [9.17, 15) is 14.4 Å². The standard InChI is InChI=1S/C30H28N4O3/c1-17-11-13-19(14-12-17)16-31-28(35)18(2)32-29(36)25-15-23-20-7-5-6-10-24(20)33-26(23)27-21-8-3-4-9-22(21)30(37)34(25)27/h3-14,18,25,27,33H,15-16H2,1-2H3,(H,31,35)(H,32,36). The van der Waals surface area contributed by atoms with Crippen LogP contribution in [0, 0.1) is 6.92 Å². The first-order valence-corrected chi connectivity index (χ1v) is 12.6. The van der Waals surface area contributed by atoms with E-state index in [1.807, 2.05) is 79.7 Å². The number of H-pyrrole nitrogens is 1. The number of aromatic amines is 1. The number of hydrogen-bond donors (Lipinski definition) is 3. The van der Waals surface area contributed by atoms with Gasteiger partial charge in [-0.1, -0.05) is 66.2 Å². The Morgan fingerprint density at radius 1 is 1.03 bits per heavy atom. The van der Waals surface area contributed by atoms with Crippen LogP contribution in [0.25, 0.3) is 10.9 Å². The molecule has 0 aliphatic carbocycles. The van der Waals surface area contributed by atoms with Gasteiger partial charge >= 0.3 is 0 Å². The number of rotatable bonds is 5. The number of benzene rings is 3. The van der Waals surface area contributed by atoms with E-state index in [2.05, 4.69) is 15.6 Å². The van der Waals surface area contributed by atoms with Gasteiger partial charge in [-0.3, -0.25) is 14.4 Å². The number of carbonyl (C=O) groups is 3. The number of aromatic nitrogens is 1. The van der Waals surface area contributed by atoms with Gasteiger partial charge in [0.15, 0.2) is 0 Å². The Morgan fingerprint density at radius 3 is 2.57 bits per heavy atom. The van der Waals surface area contributed by atoms with E-state index in [-0.39, 0.29) is 23.8 Å². The molecule has 37 heavy (non-hydrogen) atoms. The first-order valence-electron chi connectivity index (χ1n) is 12.6. The van der Waals surface area contributed by atoms with Crippen LogP contribution in [0.3, 0.4) is 0 Å². The molecule has 1 aromatic heterocycles. The summed E-state index contributed by atoms with van der Waals surface area (Å²) in [4.78, 5) is 45.1. The van der Waals surface area contributed by atoms with Gasteiger partial charge in [0.05, 0.1) is 6.04 Å².